The van der Waals surface area contributed by atoms with Crippen molar-refractivity contribution in [3.05, 3.63) is 96.3 Å². The highest BCUT2D eigenvalue weighted by molar-refractivity contribution is 5.88. The van der Waals surface area contributed by atoms with E-state index in [0.29, 0.717) is 5.56 Å². The number of imidazole rings is 1. The highest BCUT2D eigenvalue weighted by Gasteiger charge is 2.34. The molecule has 2 unspecified atom stereocenters. The van der Waals surface area contributed by atoms with Crippen molar-refractivity contribution in [2.45, 2.75) is 25.0 Å². The van der Waals surface area contributed by atoms with Gasteiger partial charge in [0.25, 0.3) is 0 Å². The fraction of sp³-hybridized carbons (Fsp3) is 0.259. The Kier molecular flexibility index (Phi) is 6.65. The third-order valence-electron chi connectivity index (χ3n) is 6.20. The number of benzene rings is 3. The largest absolute Gasteiger partial charge is 0.497 e. The number of aliphatic hydroxyl groups is 1. The van der Waals surface area contributed by atoms with Crippen LogP contribution in [0.1, 0.15) is 24.0 Å². The molecular weight excluding hydrogens is 433 g/mol. The quantitative estimate of drug-likeness (QED) is 0.424. The number of methoxy groups -OCH3 is 1. The molecule has 0 aliphatic heterocycles. The van der Waals surface area contributed by atoms with Gasteiger partial charge in [-0.25, -0.2) is 9.37 Å². The van der Waals surface area contributed by atoms with Crippen molar-refractivity contribution < 1.29 is 19.0 Å². The van der Waals surface area contributed by atoms with E-state index in [4.69, 9.17) is 4.74 Å². The molecule has 0 aliphatic rings. The van der Waals surface area contributed by atoms with Gasteiger partial charge in [-0.05, 0) is 53.1 Å². The predicted octanol–water partition coefficient (Wildman–Crippen LogP) is 4.33. The second-order valence-corrected chi connectivity index (χ2v) is 8.66. The Labute approximate surface area is 198 Å². The Morgan fingerprint density at radius 1 is 1.15 bits per heavy atom. The minimum atomic E-state index is -1.43. The summed E-state index contributed by atoms with van der Waals surface area (Å²) in [4.78, 5) is 18.9. The zero-order valence-electron chi connectivity index (χ0n) is 19.5. The molecule has 1 aromatic heterocycles. The number of ether oxygens (including phenoxy) is 1. The van der Waals surface area contributed by atoms with Crippen molar-refractivity contribution in [2.24, 2.45) is 0 Å². The molecule has 1 amide bonds. The van der Waals surface area contributed by atoms with Gasteiger partial charge in [0, 0.05) is 19.4 Å². The fourth-order valence-electron chi connectivity index (χ4n) is 4.26. The van der Waals surface area contributed by atoms with Crippen LogP contribution in [0, 0.1) is 5.82 Å². The van der Waals surface area contributed by atoms with Gasteiger partial charge in [0.2, 0.25) is 5.91 Å². The second kappa shape index (κ2) is 9.65. The summed E-state index contributed by atoms with van der Waals surface area (Å²) in [6, 6.07) is 17.4. The molecule has 0 saturated heterocycles. The van der Waals surface area contributed by atoms with Crippen LogP contribution in [-0.4, -0.2) is 46.2 Å². The van der Waals surface area contributed by atoms with E-state index in [1.54, 1.807) is 49.6 Å². The maximum absolute atomic E-state index is 13.5. The van der Waals surface area contributed by atoms with Gasteiger partial charge in [-0.1, -0.05) is 36.4 Å². The summed E-state index contributed by atoms with van der Waals surface area (Å²) >= 11 is 0. The minimum absolute atomic E-state index is 0.0325. The number of halogens is 1. The summed E-state index contributed by atoms with van der Waals surface area (Å²) in [5.74, 6) is -0.149. The van der Waals surface area contributed by atoms with E-state index in [1.807, 2.05) is 43.3 Å². The molecule has 0 bridgehead atoms. The number of fused-ring (bicyclic) bond motifs is 1. The molecule has 4 rings (SSSR count). The number of hydrogen-bond donors (Lipinski definition) is 1. The van der Waals surface area contributed by atoms with Gasteiger partial charge in [-0.3, -0.25) is 4.79 Å². The van der Waals surface area contributed by atoms with E-state index in [0.717, 1.165) is 22.1 Å². The number of nitrogens with zero attached hydrogens (tertiary/aromatic N) is 3. The first-order chi connectivity index (χ1) is 16.3. The molecule has 34 heavy (non-hydrogen) atoms. The van der Waals surface area contributed by atoms with Gasteiger partial charge in [0.1, 0.15) is 17.2 Å². The van der Waals surface area contributed by atoms with Gasteiger partial charge < -0.3 is 19.3 Å². The number of hydrogen-bond acceptors (Lipinski definition) is 4. The van der Waals surface area contributed by atoms with Crippen LogP contribution in [0.2, 0.25) is 0 Å². The van der Waals surface area contributed by atoms with Crippen molar-refractivity contribution in [1.29, 1.82) is 0 Å². The Hall–Kier alpha value is -3.71. The standard InChI is InChI=1S/C27H28FN3O3/c1-19(20-4-5-22-15-25(34-3)11-6-21(22)14-20)26(32)30(2)16-27(33,17-31-13-12-29-18-31)23-7-9-24(28)10-8-23/h4-15,18-19,33H,16-17H2,1-3H3. The molecule has 2 atom stereocenters. The van der Waals surface area contributed by atoms with Gasteiger partial charge in [0.05, 0.1) is 32.4 Å². The molecule has 7 heteroatoms. The predicted molar refractivity (Wildman–Crippen MR) is 129 cm³/mol. The van der Waals surface area contributed by atoms with E-state index in [2.05, 4.69) is 4.98 Å². The zero-order valence-corrected chi connectivity index (χ0v) is 19.5. The van der Waals surface area contributed by atoms with E-state index in [9.17, 15) is 14.3 Å². The van der Waals surface area contributed by atoms with Crippen molar-refractivity contribution in [2.75, 3.05) is 20.7 Å². The highest BCUT2D eigenvalue weighted by atomic mass is 19.1. The summed E-state index contributed by atoms with van der Waals surface area (Å²) in [5.41, 5.74) is -0.0256. The number of carbonyl (C=O) groups is 1. The number of amides is 1. The van der Waals surface area contributed by atoms with Gasteiger partial charge >= 0.3 is 0 Å². The molecule has 0 fully saturated rings. The molecule has 176 valence electrons. The third kappa shape index (κ3) is 4.94. The van der Waals surface area contributed by atoms with E-state index in [1.165, 1.54) is 17.0 Å². The topological polar surface area (TPSA) is 67.6 Å². The Balaban J connectivity index is 1.57. The molecule has 3 aromatic carbocycles. The first kappa shape index (κ1) is 23.4. The first-order valence-corrected chi connectivity index (χ1v) is 11.1. The molecule has 1 N–H and O–H groups in total. The van der Waals surface area contributed by atoms with Crippen LogP contribution >= 0.6 is 0 Å². The molecule has 0 spiro atoms. The average molecular weight is 462 g/mol. The SMILES string of the molecule is COc1ccc2cc(C(C)C(=O)N(C)CC(O)(Cn3ccnc3)c3ccc(F)cc3)ccc2c1. The molecule has 0 saturated carbocycles. The monoisotopic (exact) mass is 461 g/mol. The van der Waals surface area contributed by atoms with Crippen LogP contribution in [0.4, 0.5) is 4.39 Å². The van der Waals surface area contributed by atoms with Gasteiger partial charge in [-0.2, -0.15) is 0 Å². The van der Waals surface area contributed by atoms with Crippen LogP contribution in [0.15, 0.2) is 79.4 Å². The van der Waals surface area contributed by atoms with Crippen molar-refractivity contribution in [3.8, 4) is 5.75 Å². The normalized spacial score (nSPS) is 13.9. The lowest BCUT2D eigenvalue weighted by molar-refractivity contribution is -0.135. The van der Waals surface area contributed by atoms with Crippen LogP contribution < -0.4 is 4.74 Å². The van der Waals surface area contributed by atoms with Crippen LogP contribution in [0.25, 0.3) is 10.8 Å². The zero-order chi connectivity index (χ0) is 24.3. The van der Waals surface area contributed by atoms with E-state index >= 15 is 0 Å². The molecule has 6 nitrogen and oxygen atoms in total. The van der Waals surface area contributed by atoms with Crippen molar-refractivity contribution in [1.82, 2.24) is 14.5 Å². The Bertz CT molecular complexity index is 1270. The maximum Gasteiger partial charge on any atom is 0.229 e. The lowest BCUT2D eigenvalue weighted by atomic mass is 9.91. The van der Waals surface area contributed by atoms with Crippen LogP contribution in [-0.2, 0) is 16.9 Å². The lowest BCUT2D eigenvalue weighted by Gasteiger charge is -2.34. The van der Waals surface area contributed by atoms with Crippen LogP contribution in [0.5, 0.6) is 5.75 Å². The summed E-state index contributed by atoms with van der Waals surface area (Å²) in [6.45, 7) is 2.06. The average Bonchev–Trinajstić information content (AvgIpc) is 3.35. The number of rotatable bonds is 8. The summed E-state index contributed by atoms with van der Waals surface area (Å²) < 4.78 is 20.5. The smallest absolute Gasteiger partial charge is 0.229 e. The summed E-state index contributed by atoms with van der Waals surface area (Å²) in [5, 5.41) is 13.7. The highest BCUT2D eigenvalue weighted by Crippen LogP contribution is 2.29. The molecule has 1 heterocycles. The Morgan fingerprint density at radius 3 is 2.53 bits per heavy atom. The lowest BCUT2D eigenvalue weighted by Crippen LogP contribution is -2.45. The van der Waals surface area contributed by atoms with Gasteiger partial charge in [-0.15, -0.1) is 0 Å². The maximum atomic E-state index is 13.5. The number of aromatic nitrogens is 2. The minimum Gasteiger partial charge on any atom is -0.497 e. The summed E-state index contributed by atoms with van der Waals surface area (Å²) in [6.07, 6.45) is 4.96. The van der Waals surface area contributed by atoms with Gasteiger partial charge in [0.15, 0.2) is 0 Å². The molecule has 4 aromatic rings. The number of likely N-dealkylation sites (N-methyl/N-ethyl adjacent to an activating group) is 1. The fourth-order valence-corrected chi connectivity index (χ4v) is 4.26. The molecule has 0 radical (unpaired) electrons. The van der Waals surface area contributed by atoms with Crippen molar-refractivity contribution in [3.63, 3.8) is 0 Å². The summed E-state index contributed by atoms with van der Waals surface area (Å²) in [7, 11) is 3.30. The first-order valence-electron chi connectivity index (χ1n) is 11.1. The van der Waals surface area contributed by atoms with Crippen molar-refractivity contribution >= 4 is 16.7 Å². The van der Waals surface area contributed by atoms with E-state index in [-0.39, 0.29) is 24.8 Å². The van der Waals surface area contributed by atoms with Crippen LogP contribution in [0.3, 0.4) is 0 Å². The Morgan fingerprint density at radius 2 is 1.85 bits per heavy atom. The second-order valence-electron chi connectivity index (χ2n) is 8.66. The number of carbonyl (C=O) groups excluding carboxylic acids is 1. The van der Waals surface area contributed by atoms with E-state index < -0.39 is 11.5 Å². The third-order valence-corrected chi connectivity index (χ3v) is 6.20. The molecule has 0 aliphatic carbocycles. The molecular formula is C27H28FN3O3.